The zero-order chi connectivity index (χ0) is 11.5. The van der Waals surface area contributed by atoms with Crippen LogP contribution in [0.25, 0.3) is 0 Å². The quantitative estimate of drug-likeness (QED) is 0.855. The fourth-order valence-corrected chi connectivity index (χ4v) is 1.83. The first-order valence-electron chi connectivity index (χ1n) is 5.58. The average molecular weight is 215 g/mol. The predicted octanol–water partition coefficient (Wildman–Crippen LogP) is 2.77. The third-order valence-electron chi connectivity index (χ3n) is 3.08. The van der Waals surface area contributed by atoms with Gasteiger partial charge in [-0.2, -0.15) is 15.4 Å². The van der Waals surface area contributed by atoms with E-state index in [9.17, 15) is 0 Å². The van der Waals surface area contributed by atoms with Crippen molar-refractivity contribution < 1.29 is 0 Å². The molecule has 2 aromatic rings. The molecule has 0 aliphatic rings. The molecule has 0 saturated heterocycles. The lowest BCUT2D eigenvalue weighted by Crippen LogP contribution is -1.99. The van der Waals surface area contributed by atoms with E-state index in [0.717, 1.165) is 12.1 Å². The lowest BCUT2D eigenvalue weighted by molar-refractivity contribution is 0.734. The van der Waals surface area contributed by atoms with Gasteiger partial charge in [-0.1, -0.05) is 25.1 Å². The molecule has 16 heavy (non-hydrogen) atoms. The van der Waals surface area contributed by atoms with E-state index in [0.29, 0.717) is 5.92 Å². The maximum absolute atomic E-state index is 4.09. The predicted molar refractivity (Wildman–Crippen MR) is 64.4 cm³/mol. The molecule has 0 fully saturated rings. The van der Waals surface area contributed by atoms with E-state index in [2.05, 4.69) is 54.4 Å². The van der Waals surface area contributed by atoms with Crippen LogP contribution in [0.1, 0.15) is 35.2 Å². The topological polar surface area (TPSA) is 41.6 Å². The molecule has 1 N–H and O–H groups in total. The molecule has 0 aliphatic heterocycles. The molecule has 1 atom stereocenters. The molecular formula is C13H17N3. The fourth-order valence-electron chi connectivity index (χ4n) is 1.83. The van der Waals surface area contributed by atoms with E-state index in [4.69, 9.17) is 0 Å². The summed E-state index contributed by atoms with van der Waals surface area (Å²) in [5, 5.41) is 10.6. The van der Waals surface area contributed by atoms with Gasteiger partial charge in [0.15, 0.2) is 0 Å². The van der Waals surface area contributed by atoms with E-state index in [1.54, 1.807) is 6.20 Å². The molecule has 1 aromatic carbocycles. The highest BCUT2D eigenvalue weighted by atomic mass is 15.3. The number of aryl methyl sites for hydroxylation is 2. The molecule has 1 unspecified atom stereocenters. The zero-order valence-electron chi connectivity index (χ0n) is 9.99. The summed E-state index contributed by atoms with van der Waals surface area (Å²) in [7, 11) is 0. The van der Waals surface area contributed by atoms with Gasteiger partial charge in [-0.25, -0.2) is 0 Å². The van der Waals surface area contributed by atoms with Crippen molar-refractivity contribution in [1.29, 1.82) is 0 Å². The second-order valence-electron chi connectivity index (χ2n) is 4.41. The summed E-state index contributed by atoms with van der Waals surface area (Å²) in [5.74, 6) is 0.476. The Morgan fingerprint density at radius 1 is 1.25 bits per heavy atom. The molecule has 2 rings (SSSR count). The molecule has 0 aliphatic carbocycles. The minimum absolute atomic E-state index is 0.476. The van der Waals surface area contributed by atoms with Crippen LogP contribution < -0.4 is 0 Å². The maximum atomic E-state index is 4.09. The molecule has 0 spiro atoms. The number of hydrogen-bond acceptors (Lipinski definition) is 2. The van der Waals surface area contributed by atoms with Gasteiger partial charge in [0.2, 0.25) is 0 Å². The molecule has 1 heterocycles. The van der Waals surface area contributed by atoms with Gasteiger partial charge >= 0.3 is 0 Å². The molecule has 1 aromatic heterocycles. The molecule has 84 valence electrons. The minimum Gasteiger partial charge on any atom is -0.198 e. The van der Waals surface area contributed by atoms with Gasteiger partial charge in [0.05, 0.1) is 11.9 Å². The van der Waals surface area contributed by atoms with Gasteiger partial charge in [0.25, 0.3) is 0 Å². The van der Waals surface area contributed by atoms with Crippen LogP contribution >= 0.6 is 0 Å². The lowest BCUT2D eigenvalue weighted by atomic mass is 9.94. The normalized spacial score (nSPS) is 12.7. The van der Waals surface area contributed by atoms with Gasteiger partial charge in [-0.15, -0.1) is 0 Å². The van der Waals surface area contributed by atoms with E-state index in [1.165, 1.54) is 16.7 Å². The highest BCUT2D eigenvalue weighted by Gasteiger charge is 2.09. The van der Waals surface area contributed by atoms with E-state index < -0.39 is 0 Å². The van der Waals surface area contributed by atoms with Crippen molar-refractivity contribution in [3.8, 4) is 0 Å². The Balaban J connectivity index is 2.14. The Morgan fingerprint density at radius 2 is 2.06 bits per heavy atom. The number of aromatic amines is 1. The summed E-state index contributed by atoms with van der Waals surface area (Å²) in [6.45, 7) is 6.52. The summed E-state index contributed by atoms with van der Waals surface area (Å²) in [6.07, 6.45) is 2.72. The third kappa shape index (κ3) is 2.30. The summed E-state index contributed by atoms with van der Waals surface area (Å²) in [6, 6.07) is 6.65. The SMILES string of the molecule is Cc1ccc(C(C)Cc2cn[nH]n2)cc1C. The Labute approximate surface area is 95.9 Å². The van der Waals surface area contributed by atoms with Gasteiger partial charge in [0, 0.05) is 0 Å². The zero-order valence-corrected chi connectivity index (χ0v) is 9.99. The second-order valence-corrected chi connectivity index (χ2v) is 4.41. The lowest BCUT2D eigenvalue weighted by Gasteiger charge is -2.12. The Bertz CT molecular complexity index is 460. The summed E-state index contributed by atoms with van der Waals surface area (Å²) < 4.78 is 0. The first-order chi connectivity index (χ1) is 7.66. The van der Waals surface area contributed by atoms with Gasteiger partial charge in [0.1, 0.15) is 0 Å². The third-order valence-corrected chi connectivity index (χ3v) is 3.08. The number of H-pyrrole nitrogens is 1. The molecular weight excluding hydrogens is 198 g/mol. The van der Waals surface area contributed by atoms with Gasteiger partial charge < -0.3 is 0 Å². The summed E-state index contributed by atoms with van der Waals surface area (Å²) in [4.78, 5) is 0. The van der Waals surface area contributed by atoms with Crippen molar-refractivity contribution in [3.05, 3.63) is 46.8 Å². The Morgan fingerprint density at radius 3 is 2.69 bits per heavy atom. The van der Waals surface area contributed by atoms with Crippen molar-refractivity contribution in [2.45, 2.75) is 33.1 Å². The van der Waals surface area contributed by atoms with Crippen molar-refractivity contribution in [1.82, 2.24) is 15.4 Å². The minimum atomic E-state index is 0.476. The van der Waals surface area contributed by atoms with Crippen molar-refractivity contribution >= 4 is 0 Å². The van der Waals surface area contributed by atoms with Crippen LogP contribution in [0.4, 0.5) is 0 Å². The van der Waals surface area contributed by atoms with Crippen molar-refractivity contribution in [2.75, 3.05) is 0 Å². The molecule has 3 nitrogen and oxygen atoms in total. The van der Waals surface area contributed by atoms with Crippen molar-refractivity contribution in [2.24, 2.45) is 0 Å². The number of benzene rings is 1. The fraction of sp³-hybridized carbons (Fsp3) is 0.385. The summed E-state index contributed by atoms with van der Waals surface area (Å²) >= 11 is 0. The number of hydrogen-bond donors (Lipinski definition) is 1. The number of nitrogens with one attached hydrogen (secondary N) is 1. The highest BCUT2D eigenvalue weighted by molar-refractivity contribution is 5.32. The Kier molecular flexibility index (Phi) is 3.04. The van der Waals surface area contributed by atoms with Crippen LogP contribution in [-0.2, 0) is 6.42 Å². The average Bonchev–Trinajstić information content (AvgIpc) is 2.74. The van der Waals surface area contributed by atoms with Crippen LogP contribution in [0.15, 0.2) is 24.4 Å². The smallest absolute Gasteiger partial charge is 0.0830 e. The molecule has 0 radical (unpaired) electrons. The number of nitrogens with zero attached hydrogens (tertiary/aromatic N) is 2. The monoisotopic (exact) mass is 215 g/mol. The number of aromatic nitrogens is 3. The number of rotatable bonds is 3. The van der Waals surface area contributed by atoms with Crippen LogP contribution in [0, 0.1) is 13.8 Å². The van der Waals surface area contributed by atoms with E-state index >= 15 is 0 Å². The molecule has 0 saturated carbocycles. The van der Waals surface area contributed by atoms with Gasteiger partial charge in [-0.05, 0) is 42.9 Å². The van der Waals surface area contributed by atoms with E-state index in [1.807, 2.05) is 0 Å². The van der Waals surface area contributed by atoms with Crippen molar-refractivity contribution in [3.63, 3.8) is 0 Å². The van der Waals surface area contributed by atoms with Crippen LogP contribution in [0.2, 0.25) is 0 Å². The molecule has 3 heteroatoms. The van der Waals surface area contributed by atoms with Crippen LogP contribution in [0.5, 0.6) is 0 Å². The van der Waals surface area contributed by atoms with Crippen LogP contribution in [0.3, 0.4) is 0 Å². The van der Waals surface area contributed by atoms with E-state index in [-0.39, 0.29) is 0 Å². The van der Waals surface area contributed by atoms with Crippen LogP contribution in [-0.4, -0.2) is 15.4 Å². The second kappa shape index (κ2) is 4.47. The van der Waals surface area contributed by atoms with Gasteiger partial charge in [-0.3, -0.25) is 0 Å². The molecule has 0 bridgehead atoms. The molecule has 0 amide bonds. The Hall–Kier alpha value is -1.64. The first-order valence-corrected chi connectivity index (χ1v) is 5.58. The highest BCUT2D eigenvalue weighted by Crippen LogP contribution is 2.21. The first kappa shape index (κ1) is 10.9. The largest absolute Gasteiger partial charge is 0.198 e. The standard InChI is InChI=1S/C13H17N3/c1-9-4-5-12(6-10(9)2)11(3)7-13-8-14-16-15-13/h4-6,8,11H,7H2,1-3H3,(H,14,15,16). The summed E-state index contributed by atoms with van der Waals surface area (Å²) in [5.41, 5.74) is 5.08. The maximum Gasteiger partial charge on any atom is 0.0830 e.